The van der Waals surface area contributed by atoms with Crippen molar-refractivity contribution < 1.29 is 5.11 Å². The number of aromatic hydroxyl groups is 1. The molecule has 5 heteroatoms. The molecule has 0 aliphatic carbocycles. The molecule has 0 atom stereocenters. The van der Waals surface area contributed by atoms with Crippen molar-refractivity contribution in [1.82, 2.24) is 9.97 Å². The Hall–Kier alpha value is -2.30. The highest BCUT2D eigenvalue weighted by atomic mass is 16.3. The van der Waals surface area contributed by atoms with Crippen LogP contribution in [0.4, 0.5) is 11.6 Å². The lowest BCUT2D eigenvalue weighted by molar-refractivity contribution is 0.452. The zero-order chi connectivity index (χ0) is 12.4. The number of benzene rings is 1. The molecular weight excluding hydrogens is 218 g/mol. The lowest BCUT2D eigenvalue weighted by Crippen LogP contribution is -2.09. The Balaban J connectivity index is 2.38. The summed E-state index contributed by atoms with van der Waals surface area (Å²) in [5.74, 6) is -0.0785. The molecule has 0 bridgehead atoms. The molecule has 0 aliphatic rings. The molecule has 0 amide bonds. The van der Waals surface area contributed by atoms with Gasteiger partial charge in [-0.05, 0) is 31.0 Å². The highest BCUT2D eigenvalue weighted by Gasteiger charge is 2.03. The number of rotatable bonds is 2. The van der Waals surface area contributed by atoms with Gasteiger partial charge in [-0.15, -0.1) is 0 Å². The monoisotopic (exact) mass is 231 g/mol. The minimum absolute atomic E-state index is 0.226. The second kappa shape index (κ2) is 4.29. The number of aromatic amines is 1. The summed E-state index contributed by atoms with van der Waals surface area (Å²) in [5.41, 5.74) is 2.65. The highest BCUT2D eigenvalue weighted by molar-refractivity contribution is 5.60. The Morgan fingerprint density at radius 3 is 2.82 bits per heavy atom. The van der Waals surface area contributed by atoms with E-state index in [-0.39, 0.29) is 11.8 Å². The van der Waals surface area contributed by atoms with Gasteiger partial charge in [0.1, 0.15) is 0 Å². The van der Waals surface area contributed by atoms with Crippen LogP contribution in [0.15, 0.2) is 29.1 Å². The quantitative estimate of drug-likeness (QED) is 0.736. The first kappa shape index (κ1) is 11.2. The number of aromatic nitrogens is 2. The number of anilines is 2. The van der Waals surface area contributed by atoms with Crippen LogP contribution in [0.5, 0.6) is 5.88 Å². The molecule has 0 saturated heterocycles. The molecular formula is C12H13N3O2. The lowest BCUT2D eigenvalue weighted by Gasteiger charge is -2.10. The summed E-state index contributed by atoms with van der Waals surface area (Å²) in [6, 6.07) is 6.81. The van der Waals surface area contributed by atoms with Crippen LogP contribution in [0.2, 0.25) is 0 Å². The van der Waals surface area contributed by atoms with Crippen molar-refractivity contribution in [2.45, 2.75) is 13.8 Å². The Labute approximate surface area is 98.2 Å². The highest BCUT2D eigenvalue weighted by Crippen LogP contribution is 2.20. The minimum atomic E-state index is -0.398. The maximum atomic E-state index is 11.2. The van der Waals surface area contributed by atoms with Crippen LogP contribution >= 0.6 is 0 Å². The van der Waals surface area contributed by atoms with Crippen molar-refractivity contribution in [2.75, 3.05) is 5.32 Å². The van der Waals surface area contributed by atoms with Crippen LogP contribution in [-0.4, -0.2) is 15.1 Å². The van der Waals surface area contributed by atoms with Gasteiger partial charge in [0.05, 0.1) is 6.07 Å². The Morgan fingerprint density at radius 1 is 1.35 bits per heavy atom. The first-order valence-corrected chi connectivity index (χ1v) is 5.20. The smallest absolute Gasteiger partial charge is 0.256 e. The molecule has 2 rings (SSSR count). The van der Waals surface area contributed by atoms with Gasteiger partial charge in [-0.2, -0.15) is 4.98 Å². The molecule has 5 nitrogen and oxygen atoms in total. The van der Waals surface area contributed by atoms with Gasteiger partial charge in [0.2, 0.25) is 11.8 Å². The zero-order valence-corrected chi connectivity index (χ0v) is 9.61. The molecule has 1 aromatic carbocycles. The minimum Gasteiger partial charge on any atom is -0.493 e. The van der Waals surface area contributed by atoms with Gasteiger partial charge in [0.15, 0.2) is 0 Å². The summed E-state index contributed by atoms with van der Waals surface area (Å²) in [6.45, 7) is 3.97. The van der Waals surface area contributed by atoms with Gasteiger partial charge >= 0.3 is 0 Å². The summed E-state index contributed by atoms with van der Waals surface area (Å²) < 4.78 is 0. The van der Waals surface area contributed by atoms with Gasteiger partial charge in [0, 0.05) is 5.69 Å². The number of H-pyrrole nitrogens is 1. The zero-order valence-electron chi connectivity index (χ0n) is 9.61. The van der Waals surface area contributed by atoms with E-state index in [0.29, 0.717) is 0 Å². The molecule has 1 heterocycles. The van der Waals surface area contributed by atoms with Crippen molar-refractivity contribution in [2.24, 2.45) is 0 Å². The predicted molar refractivity (Wildman–Crippen MR) is 65.7 cm³/mol. The van der Waals surface area contributed by atoms with E-state index in [9.17, 15) is 9.90 Å². The third-order valence-corrected chi connectivity index (χ3v) is 2.59. The van der Waals surface area contributed by atoms with Crippen LogP contribution < -0.4 is 10.9 Å². The Kier molecular flexibility index (Phi) is 2.82. The van der Waals surface area contributed by atoms with Gasteiger partial charge in [0.25, 0.3) is 5.56 Å². The fourth-order valence-electron chi connectivity index (χ4n) is 1.52. The summed E-state index contributed by atoms with van der Waals surface area (Å²) in [5, 5.41) is 12.2. The molecule has 0 radical (unpaired) electrons. The van der Waals surface area contributed by atoms with E-state index in [2.05, 4.69) is 15.3 Å². The average Bonchev–Trinajstić information content (AvgIpc) is 2.23. The Bertz CT molecular complexity index is 605. The first-order chi connectivity index (χ1) is 8.06. The standard InChI is InChI=1S/C12H13N3O2/c1-7-4-3-5-9(8(7)2)13-12-14-10(16)6-11(17)15-12/h3-6H,1-2H3,(H3,13,14,15,16,17). The molecule has 0 fully saturated rings. The maximum Gasteiger partial charge on any atom is 0.256 e. The van der Waals surface area contributed by atoms with Crippen molar-refractivity contribution in [3.05, 3.63) is 45.7 Å². The molecule has 0 saturated carbocycles. The fraction of sp³-hybridized carbons (Fsp3) is 0.167. The van der Waals surface area contributed by atoms with E-state index >= 15 is 0 Å². The molecule has 2 aromatic rings. The molecule has 88 valence electrons. The van der Waals surface area contributed by atoms with Crippen molar-refractivity contribution in [3.8, 4) is 5.88 Å². The number of hydrogen-bond donors (Lipinski definition) is 3. The van der Waals surface area contributed by atoms with Crippen LogP contribution in [0.1, 0.15) is 11.1 Å². The van der Waals surface area contributed by atoms with Gasteiger partial charge in [-0.25, -0.2) is 0 Å². The van der Waals surface area contributed by atoms with Crippen LogP contribution in [0.25, 0.3) is 0 Å². The second-order valence-electron chi connectivity index (χ2n) is 3.82. The SMILES string of the molecule is Cc1cccc(Nc2nc(O)cc(=O)[nH]2)c1C. The first-order valence-electron chi connectivity index (χ1n) is 5.20. The average molecular weight is 231 g/mol. The van der Waals surface area contributed by atoms with Crippen LogP contribution in [0.3, 0.4) is 0 Å². The van der Waals surface area contributed by atoms with Crippen molar-refractivity contribution in [1.29, 1.82) is 0 Å². The van der Waals surface area contributed by atoms with E-state index < -0.39 is 5.56 Å². The van der Waals surface area contributed by atoms with Crippen LogP contribution in [0, 0.1) is 13.8 Å². The molecule has 1 aromatic heterocycles. The van der Waals surface area contributed by atoms with Crippen LogP contribution in [-0.2, 0) is 0 Å². The number of aryl methyl sites for hydroxylation is 1. The largest absolute Gasteiger partial charge is 0.493 e. The van der Waals surface area contributed by atoms with Crippen molar-refractivity contribution in [3.63, 3.8) is 0 Å². The third-order valence-electron chi connectivity index (χ3n) is 2.59. The summed E-state index contributed by atoms with van der Waals surface area (Å²) >= 11 is 0. The molecule has 3 N–H and O–H groups in total. The normalized spacial score (nSPS) is 10.2. The maximum absolute atomic E-state index is 11.2. The van der Waals surface area contributed by atoms with E-state index in [1.807, 2.05) is 32.0 Å². The molecule has 0 spiro atoms. The van der Waals surface area contributed by atoms with Crippen molar-refractivity contribution >= 4 is 11.6 Å². The number of nitrogens with one attached hydrogen (secondary N) is 2. The number of nitrogens with zero attached hydrogens (tertiary/aromatic N) is 1. The van der Waals surface area contributed by atoms with E-state index in [1.165, 1.54) is 0 Å². The fourth-order valence-corrected chi connectivity index (χ4v) is 1.52. The Morgan fingerprint density at radius 2 is 2.12 bits per heavy atom. The third kappa shape index (κ3) is 2.44. The predicted octanol–water partition coefficient (Wildman–Crippen LogP) is 1.84. The van der Waals surface area contributed by atoms with E-state index in [0.717, 1.165) is 22.9 Å². The molecule has 0 unspecified atom stereocenters. The van der Waals surface area contributed by atoms with E-state index in [1.54, 1.807) is 0 Å². The number of hydrogen-bond acceptors (Lipinski definition) is 4. The summed E-state index contributed by atoms with van der Waals surface area (Å²) in [4.78, 5) is 17.5. The summed E-state index contributed by atoms with van der Waals surface area (Å²) in [6.07, 6.45) is 0. The lowest BCUT2D eigenvalue weighted by atomic mass is 10.1. The molecule has 0 aliphatic heterocycles. The summed E-state index contributed by atoms with van der Waals surface area (Å²) in [7, 11) is 0. The van der Waals surface area contributed by atoms with E-state index in [4.69, 9.17) is 0 Å². The van der Waals surface area contributed by atoms with Gasteiger partial charge in [-0.3, -0.25) is 9.78 Å². The van der Waals surface area contributed by atoms with Gasteiger partial charge in [-0.1, -0.05) is 12.1 Å². The topological polar surface area (TPSA) is 78.0 Å². The second-order valence-corrected chi connectivity index (χ2v) is 3.82. The molecule has 17 heavy (non-hydrogen) atoms. The van der Waals surface area contributed by atoms with Gasteiger partial charge < -0.3 is 10.4 Å².